The standard InChI is InChI=1S/C30H40ClN5O3/c1-21-7-8-26(16-27(21)31)36(29(38)23-9-14-34(15-10-23)22(2)37)13-5-12-33-17-24-19-35(20-25(24)18-33)30(39)28-6-4-11-32(28)3/h4,6-8,11,16,23-25H,5,9-10,12-15,17-20H2,1-3H3. The first-order valence-electron chi connectivity index (χ1n) is 14.2. The second-order valence-corrected chi connectivity index (χ2v) is 12.0. The lowest BCUT2D eigenvalue weighted by atomic mass is 9.94. The Morgan fingerprint density at radius 2 is 1.69 bits per heavy atom. The minimum atomic E-state index is -0.0837. The highest BCUT2D eigenvalue weighted by Crippen LogP contribution is 2.32. The van der Waals surface area contributed by atoms with E-state index in [4.69, 9.17) is 11.6 Å². The average molecular weight is 554 g/mol. The van der Waals surface area contributed by atoms with Crippen molar-refractivity contribution in [1.82, 2.24) is 19.3 Å². The molecule has 2 unspecified atom stereocenters. The van der Waals surface area contributed by atoms with E-state index in [1.165, 1.54) is 0 Å². The van der Waals surface area contributed by atoms with Gasteiger partial charge in [0, 0.05) is 82.6 Å². The van der Waals surface area contributed by atoms with Gasteiger partial charge in [-0.25, -0.2) is 0 Å². The summed E-state index contributed by atoms with van der Waals surface area (Å²) in [4.78, 5) is 46.6. The van der Waals surface area contributed by atoms with Crippen LogP contribution in [-0.2, 0) is 16.6 Å². The fraction of sp³-hybridized carbons (Fsp3) is 0.567. The third-order valence-electron chi connectivity index (χ3n) is 8.89. The van der Waals surface area contributed by atoms with E-state index in [0.29, 0.717) is 49.3 Å². The number of nitrogens with zero attached hydrogens (tertiary/aromatic N) is 5. The summed E-state index contributed by atoms with van der Waals surface area (Å²) in [6.07, 6.45) is 4.18. The van der Waals surface area contributed by atoms with Gasteiger partial charge in [-0.15, -0.1) is 0 Å². The molecule has 2 atom stereocenters. The molecule has 9 heteroatoms. The first-order chi connectivity index (χ1) is 18.7. The molecular weight excluding hydrogens is 514 g/mol. The van der Waals surface area contributed by atoms with Crippen LogP contribution in [-0.4, -0.2) is 89.3 Å². The Hall–Kier alpha value is -2.84. The van der Waals surface area contributed by atoms with Gasteiger partial charge in [0.1, 0.15) is 5.69 Å². The molecule has 2 aromatic rings. The molecule has 0 N–H and O–H groups in total. The molecule has 0 spiro atoms. The summed E-state index contributed by atoms with van der Waals surface area (Å²) in [6, 6.07) is 9.67. The minimum absolute atomic E-state index is 0.0749. The van der Waals surface area contributed by atoms with Gasteiger partial charge in [0.05, 0.1) is 0 Å². The topological polar surface area (TPSA) is 69.1 Å². The van der Waals surface area contributed by atoms with E-state index < -0.39 is 0 Å². The number of carbonyl (C=O) groups is 3. The van der Waals surface area contributed by atoms with Crippen molar-refractivity contribution in [2.45, 2.75) is 33.1 Å². The van der Waals surface area contributed by atoms with Gasteiger partial charge >= 0.3 is 0 Å². The van der Waals surface area contributed by atoms with Crippen LogP contribution < -0.4 is 4.90 Å². The zero-order chi connectivity index (χ0) is 27.7. The number of hydrogen-bond acceptors (Lipinski definition) is 4. The fourth-order valence-corrected chi connectivity index (χ4v) is 6.69. The van der Waals surface area contributed by atoms with Gasteiger partial charge < -0.3 is 24.2 Å². The zero-order valence-electron chi connectivity index (χ0n) is 23.3. The van der Waals surface area contributed by atoms with Crippen molar-refractivity contribution in [2.75, 3.05) is 57.3 Å². The van der Waals surface area contributed by atoms with E-state index >= 15 is 0 Å². The number of likely N-dealkylation sites (tertiary alicyclic amines) is 3. The van der Waals surface area contributed by atoms with Gasteiger partial charge in [0.25, 0.3) is 5.91 Å². The maximum atomic E-state index is 13.7. The summed E-state index contributed by atoms with van der Waals surface area (Å²) in [5.74, 6) is 1.27. The van der Waals surface area contributed by atoms with E-state index in [9.17, 15) is 14.4 Å². The molecule has 3 fully saturated rings. The number of amides is 3. The van der Waals surface area contributed by atoms with Gasteiger partial charge in [0.2, 0.25) is 11.8 Å². The van der Waals surface area contributed by atoms with E-state index in [0.717, 1.165) is 56.1 Å². The number of aromatic nitrogens is 1. The fourth-order valence-electron chi connectivity index (χ4n) is 6.51. The van der Waals surface area contributed by atoms with E-state index in [1.54, 1.807) is 6.92 Å². The molecule has 3 amide bonds. The van der Waals surface area contributed by atoms with Crippen molar-refractivity contribution >= 4 is 35.0 Å². The lowest BCUT2D eigenvalue weighted by molar-refractivity contribution is -0.133. The minimum Gasteiger partial charge on any atom is -0.347 e. The molecule has 210 valence electrons. The van der Waals surface area contributed by atoms with Crippen LogP contribution in [0.25, 0.3) is 0 Å². The van der Waals surface area contributed by atoms with E-state index in [2.05, 4.69) is 4.90 Å². The molecular formula is C30H40ClN5O3. The number of benzene rings is 1. The second kappa shape index (κ2) is 11.7. The van der Waals surface area contributed by atoms with Crippen LogP contribution in [0, 0.1) is 24.7 Å². The molecule has 3 aliphatic rings. The number of carbonyl (C=O) groups excluding carboxylic acids is 3. The second-order valence-electron chi connectivity index (χ2n) is 11.6. The number of anilines is 1. The number of rotatable bonds is 7. The first-order valence-corrected chi connectivity index (χ1v) is 14.5. The number of piperidine rings is 1. The smallest absolute Gasteiger partial charge is 0.270 e. The summed E-state index contributed by atoms with van der Waals surface area (Å²) in [6.45, 7) is 10.0. The maximum Gasteiger partial charge on any atom is 0.270 e. The van der Waals surface area contributed by atoms with Crippen molar-refractivity contribution in [3.8, 4) is 0 Å². The Balaban J connectivity index is 1.16. The Bertz CT molecular complexity index is 1210. The highest BCUT2D eigenvalue weighted by atomic mass is 35.5. The van der Waals surface area contributed by atoms with Crippen molar-refractivity contribution in [2.24, 2.45) is 24.8 Å². The molecule has 1 aromatic heterocycles. The molecule has 5 rings (SSSR count). The van der Waals surface area contributed by atoms with Crippen LogP contribution in [0.15, 0.2) is 36.5 Å². The van der Waals surface area contributed by atoms with Gasteiger partial charge in [-0.1, -0.05) is 17.7 Å². The van der Waals surface area contributed by atoms with Crippen LogP contribution >= 0.6 is 11.6 Å². The average Bonchev–Trinajstić information content (AvgIpc) is 3.62. The molecule has 4 heterocycles. The van der Waals surface area contributed by atoms with Crippen molar-refractivity contribution < 1.29 is 14.4 Å². The lowest BCUT2D eigenvalue weighted by Gasteiger charge is -2.34. The van der Waals surface area contributed by atoms with Gasteiger partial charge in [0.15, 0.2) is 0 Å². The van der Waals surface area contributed by atoms with Crippen molar-refractivity contribution in [1.29, 1.82) is 0 Å². The molecule has 39 heavy (non-hydrogen) atoms. The predicted molar refractivity (Wildman–Crippen MR) is 153 cm³/mol. The molecule has 8 nitrogen and oxygen atoms in total. The van der Waals surface area contributed by atoms with Crippen LogP contribution in [0.1, 0.15) is 42.2 Å². The molecule has 0 saturated carbocycles. The monoisotopic (exact) mass is 553 g/mol. The zero-order valence-corrected chi connectivity index (χ0v) is 24.1. The maximum absolute atomic E-state index is 13.7. The SMILES string of the molecule is CC(=O)N1CCC(C(=O)N(CCCN2CC3CN(C(=O)c4cccn4C)CC3C2)c2ccc(C)c(Cl)c2)CC1. The Morgan fingerprint density at radius 3 is 2.28 bits per heavy atom. The summed E-state index contributed by atoms with van der Waals surface area (Å²) >= 11 is 6.45. The first kappa shape index (κ1) is 27.7. The summed E-state index contributed by atoms with van der Waals surface area (Å²) in [5, 5.41) is 0.665. The number of hydrogen-bond donors (Lipinski definition) is 0. The van der Waals surface area contributed by atoms with E-state index in [1.807, 2.05) is 69.8 Å². The van der Waals surface area contributed by atoms with Gasteiger partial charge in [-0.2, -0.15) is 0 Å². The van der Waals surface area contributed by atoms with Crippen LogP contribution in [0.4, 0.5) is 5.69 Å². The van der Waals surface area contributed by atoms with Crippen molar-refractivity contribution in [3.63, 3.8) is 0 Å². The predicted octanol–water partition coefficient (Wildman–Crippen LogP) is 3.67. The summed E-state index contributed by atoms with van der Waals surface area (Å²) in [5.41, 5.74) is 2.59. The summed E-state index contributed by atoms with van der Waals surface area (Å²) in [7, 11) is 1.92. The Labute approximate surface area is 236 Å². The molecule has 1 aromatic carbocycles. The summed E-state index contributed by atoms with van der Waals surface area (Å²) < 4.78 is 1.89. The Morgan fingerprint density at radius 1 is 1.00 bits per heavy atom. The van der Waals surface area contributed by atoms with Crippen molar-refractivity contribution in [3.05, 3.63) is 52.8 Å². The number of aryl methyl sites for hydroxylation is 2. The highest BCUT2D eigenvalue weighted by molar-refractivity contribution is 6.31. The normalized spacial score (nSPS) is 21.8. The molecule has 3 saturated heterocycles. The number of halogens is 1. The third kappa shape index (κ3) is 6.02. The third-order valence-corrected chi connectivity index (χ3v) is 9.30. The molecule has 0 aliphatic carbocycles. The number of fused-ring (bicyclic) bond motifs is 1. The lowest BCUT2D eigenvalue weighted by Crippen LogP contribution is -2.44. The molecule has 0 bridgehead atoms. The van der Waals surface area contributed by atoms with Crippen LogP contribution in [0.5, 0.6) is 0 Å². The van der Waals surface area contributed by atoms with Gasteiger partial charge in [-0.3, -0.25) is 14.4 Å². The van der Waals surface area contributed by atoms with Crippen LogP contribution in [0.2, 0.25) is 5.02 Å². The highest BCUT2D eigenvalue weighted by Gasteiger charge is 2.42. The molecule has 0 radical (unpaired) electrons. The van der Waals surface area contributed by atoms with E-state index in [-0.39, 0.29) is 23.6 Å². The quantitative estimate of drug-likeness (QED) is 0.524. The van der Waals surface area contributed by atoms with Gasteiger partial charge in [-0.05, 0) is 74.4 Å². The van der Waals surface area contributed by atoms with Crippen LogP contribution in [0.3, 0.4) is 0 Å². The molecule has 3 aliphatic heterocycles. The Kier molecular flexibility index (Phi) is 8.33. The largest absolute Gasteiger partial charge is 0.347 e.